The molecule has 2 aliphatic heterocycles. The Morgan fingerprint density at radius 1 is 1.43 bits per heavy atom. The van der Waals surface area contributed by atoms with Crippen LogP contribution in [-0.2, 0) is 9.47 Å². The van der Waals surface area contributed by atoms with Crippen molar-refractivity contribution in [1.82, 2.24) is 10.2 Å². The van der Waals surface area contributed by atoms with Crippen LogP contribution < -0.4 is 5.32 Å². The van der Waals surface area contributed by atoms with E-state index in [1.807, 2.05) is 7.05 Å². The molecule has 1 saturated carbocycles. The SMILES string of the molecule is CN=C(NCCOCC1CC1)N1CCC2(CCOC2)C1.I. The van der Waals surface area contributed by atoms with Gasteiger partial charge < -0.3 is 19.7 Å². The zero-order valence-electron chi connectivity index (χ0n) is 13.0. The molecule has 3 fully saturated rings. The Kier molecular flexibility index (Phi) is 6.55. The third kappa shape index (κ3) is 4.69. The first-order chi connectivity index (χ1) is 9.81. The van der Waals surface area contributed by atoms with Gasteiger partial charge in [-0.15, -0.1) is 24.0 Å². The van der Waals surface area contributed by atoms with Gasteiger partial charge in [-0.1, -0.05) is 0 Å². The highest BCUT2D eigenvalue weighted by Gasteiger charge is 2.42. The van der Waals surface area contributed by atoms with E-state index in [0.717, 1.165) is 57.9 Å². The lowest BCUT2D eigenvalue weighted by molar-refractivity contribution is 0.128. The number of hydrogen-bond acceptors (Lipinski definition) is 3. The van der Waals surface area contributed by atoms with Gasteiger partial charge in [0, 0.05) is 45.3 Å². The van der Waals surface area contributed by atoms with Crippen molar-refractivity contribution in [2.75, 3.05) is 53.1 Å². The molecule has 0 amide bonds. The molecule has 2 heterocycles. The van der Waals surface area contributed by atoms with E-state index < -0.39 is 0 Å². The Balaban J connectivity index is 0.00000161. The molecular weight excluding hydrogens is 381 g/mol. The van der Waals surface area contributed by atoms with Crippen LogP contribution in [0, 0.1) is 11.3 Å². The fourth-order valence-corrected chi connectivity index (χ4v) is 3.19. The highest BCUT2D eigenvalue weighted by atomic mass is 127. The minimum Gasteiger partial charge on any atom is -0.381 e. The summed E-state index contributed by atoms with van der Waals surface area (Å²) in [5.41, 5.74) is 0.389. The van der Waals surface area contributed by atoms with E-state index in [4.69, 9.17) is 9.47 Å². The number of ether oxygens (including phenoxy) is 2. The number of nitrogens with zero attached hydrogens (tertiary/aromatic N) is 2. The fourth-order valence-electron chi connectivity index (χ4n) is 3.19. The molecule has 0 radical (unpaired) electrons. The van der Waals surface area contributed by atoms with Gasteiger partial charge >= 0.3 is 0 Å². The quantitative estimate of drug-likeness (QED) is 0.325. The molecule has 3 aliphatic rings. The van der Waals surface area contributed by atoms with Crippen LogP contribution in [0.4, 0.5) is 0 Å². The minimum atomic E-state index is 0. The second-order valence-electron chi connectivity index (χ2n) is 6.47. The van der Waals surface area contributed by atoms with Crippen molar-refractivity contribution in [1.29, 1.82) is 0 Å². The van der Waals surface area contributed by atoms with Gasteiger partial charge in [-0.05, 0) is 31.6 Å². The van der Waals surface area contributed by atoms with Crippen LogP contribution in [0.15, 0.2) is 4.99 Å². The molecule has 122 valence electrons. The van der Waals surface area contributed by atoms with Crippen LogP contribution in [0.5, 0.6) is 0 Å². The number of nitrogens with one attached hydrogen (secondary N) is 1. The van der Waals surface area contributed by atoms with Crippen LogP contribution in [0.25, 0.3) is 0 Å². The van der Waals surface area contributed by atoms with Crippen LogP contribution in [0.3, 0.4) is 0 Å². The van der Waals surface area contributed by atoms with E-state index in [1.54, 1.807) is 0 Å². The molecule has 1 unspecified atom stereocenters. The minimum absolute atomic E-state index is 0. The Labute approximate surface area is 144 Å². The number of hydrogen-bond donors (Lipinski definition) is 1. The predicted molar refractivity (Wildman–Crippen MR) is 94.4 cm³/mol. The Morgan fingerprint density at radius 2 is 2.29 bits per heavy atom. The van der Waals surface area contributed by atoms with Gasteiger partial charge in [0.15, 0.2) is 5.96 Å². The van der Waals surface area contributed by atoms with Crippen molar-refractivity contribution in [2.45, 2.75) is 25.7 Å². The van der Waals surface area contributed by atoms with Gasteiger partial charge in [0.25, 0.3) is 0 Å². The Morgan fingerprint density at radius 3 is 2.95 bits per heavy atom. The first-order valence-electron chi connectivity index (χ1n) is 7.92. The van der Waals surface area contributed by atoms with Crippen molar-refractivity contribution < 1.29 is 9.47 Å². The molecule has 1 atom stereocenters. The molecule has 2 saturated heterocycles. The Hall–Kier alpha value is -0.0800. The summed E-state index contributed by atoms with van der Waals surface area (Å²) in [6, 6.07) is 0. The lowest BCUT2D eigenvalue weighted by Gasteiger charge is -2.24. The van der Waals surface area contributed by atoms with Gasteiger partial charge in [-0.3, -0.25) is 4.99 Å². The van der Waals surface area contributed by atoms with Crippen LogP contribution in [-0.4, -0.2) is 64.0 Å². The Bertz CT molecular complexity index is 355. The molecule has 0 bridgehead atoms. The molecule has 1 aliphatic carbocycles. The number of guanidine groups is 1. The summed E-state index contributed by atoms with van der Waals surface area (Å²) in [6.45, 7) is 6.57. The van der Waals surface area contributed by atoms with E-state index in [0.29, 0.717) is 5.41 Å². The maximum atomic E-state index is 5.65. The smallest absolute Gasteiger partial charge is 0.193 e. The standard InChI is InChI=1S/C15H27N3O2.HI/c1-16-14(17-6-9-19-10-13-2-3-13)18-7-4-15(11-18)5-8-20-12-15;/h13H,2-12H2,1H3,(H,16,17);1H. The predicted octanol–water partition coefficient (Wildman–Crippen LogP) is 1.72. The summed E-state index contributed by atoms with van der Waals surface area (Å²) in [7, 11) is 1.86. The molecule has 6 heteroatoms. The first-order valence-corrected chi connectivity index (χ1v) is 7.92. The van der Waals surface area contributed by atoms with Gasteiger partial charge in [-0.25, -0.2) is 0 Å². The topological polar surface area (TPSA) is 46.1 Å². The van der Waals surface area contributed by atoms with Crippen molar-refractivity contribution in [2.24, 2.45) is 16.3 Å². The first kappa shape index (κ1) is 17.3. The van der Waals surface area contributed by atoms with Crippen LogP contribution in [0.2, 0.25) is 0 Å². The number of aliphatic imine (C=N–C) groups is 1. The van der Waals surface area contributed by atoms with Crippen LogP contribution >= 0.6 is 24.0 Å². The van der Waals surface area contributed by atoms with Gasteiger partial charge in [0.2, 0.25) is 0 Å². The highest BCUT2D eigenvalue weighted by Crippen LogP contribution is 2.38. The zero-order valence-corrected chi connectivity index (χ0v) is 15.3. The average Bonchev–Trinajstić information content (AvgIpc) is 3.03. The van der Waals surface area contributed by atoms with Crippen molar-refractivity contribution in [3.8, 4) is 0 Å². The highest BCUT2D eigenvalue weighted by molar-refractivity contribution is 14.0. The summed E-state index contributed by atoms with van der Waals surface area (Å²) in [6.07, 6.45) is 5.14. The van der Waals surface area contributed by atoms with Gasteiger partial charge in [0.05, 0.1) is 13.2 Å². The molecule has 0 aromatic rings. The summed E-state index contributed by atoms with van der Waals surface area (Å²) in [5.74, 6) is 1.86. The number of likely N-dealkylation sites (tertiary alicyclic amines) is 1. The van der Waals surface area contributed by atoms with Crippen LogP contribution in [0.1, 0.15) is 25.7 Å². The molecule has 1 spiro atoms. The lowest BCUT2D eigenvalue weighted by Crippen LogP contribution is -2.42. The molecule has 0 aromatic heterocycles. The number of halogens is 1. The van der Waals surface area contributed by atoms with E-state index >= 15 is 0 Å². The second-order valence-corrected chi connectivity index (χ2v) is 6.47. The van der Waals surface area contributed by atoms with E-state index in [-0.39, 0.29) is 24.0 Å². The molecule has 0 aromatic carbocycles. The maximum Gasteiger partial charge on any atom is 0.193 e. The fraction of sp³-hybridized carbons (Fsp3) is 0.933. The van der Waals surface area contributed by atoms with E-state index in [2.05, 4.69) is 15.2 Å². The summed E-state index contributed by atoms with van der Waals surface area (Å²) in [4.78, 5) is 6.78. The lowest BCUT2D eigenvalue weighted by atomic mass is 9.87. The molecule has 5 nitrogen and oxygen atoms in total. The normalized spacial score (nSPS) is 29.0. The van der Waals surface area contributed by atoms with E-state index in [9.17, 15) is 0 Å². The third-order valence-electron chi connectivity index (χ3n) is 4.71. The van der Waals surface area contributed by atoms with Crippen molar-refractivity contribution in [3.63, 3.8) is 0 Å². The molecule has 1 N–H and O–H groups in total. The molecular formula is C15H28IN3O2. The summed E-state index contributed by atoms with van der Waals surface area (Å²) >= 11 is 0. The monoisotopic (exact) mass is 409 g/mol. The second kappa shape index (κ2) is 7.97. The molecule has 21 heavy (non-hydrogen) atoms. The average molecular weight is 409 g/mol. The summed E-state index contributed by atoms with van der Waals surface area (Å²) < 4.78 is 11.2. The zero-order chi connectivity index (χ0) is 13.8. The molecule has 3 rings (SSSR count). The van der Waals surface area contributed by atoms with Gasteiger partial charge in [0.1, 0.15) is 0 Å². The largest absolute Gasteiger partial charge is 0.381 e. The van der Waals surface area contributed by atoms with Gasteiger partial charge in [-0.2, -0.15) is 0 Å². The van der Waals surface area contributed by atoms with Crippen molar-refractivity contribution in [3.05, 3.63) is 0 Å². The summed E-state index contributed by atoms with van der Waals surface area (Å²) in [5, 5.41) is 3.42. The van der Waals surface area contributed by atoms with Crippen molar-refractivity contribution >= 4 is 29.9 Å². The maximum absolute atomic E-state index is 5.65. The van der Waals surface area contributed by atoms with E-state index in [1.165, 1.54) is 25.7 Å². The number of rotatable bonds is 5. The third-order valence-corrected chi connectivity index (χ3v) is 4.71.